The second-order valence-corrected chi connectivity index (χ2v) is 9.94. The van der Waals surface area contributed by atoms with Gasteiger partial charge < -0.3 is 14.4 Å². The van der Waals surface area contributed by atoms with Crippen molar-refractivity contribution >= 4 is 28.6 Å². The molecular formula is C28H33N3O4. The Labute approximate surface area is 205 Å². The molecule has 2 heterocycles. The lowest BCUT2D eigenvalue weighted by atomic mass is 9.83. The van der Waals surface area contributed by atoms with Gasteiger partial charge >= 0.3 is 6.09 Å². The number of hydrogen-bond donors (Lipinski definition) is 1. The number of imidazole rings is 1. The molecule has 3 aromatic rings. The Kier molecular flexibility index (Phi) is 6.36. The highest BCUT2D eigenvalue weighted by molar-refractivity contribution is 5.95. The van der Waals surface area contributed by atoms with Crippen LogP contribution in [0.5, 0.6) is 0 Å². The number of anilines is 1. The SMILES string of the molecule is COC(=O)N1c2ccc3c(nc([C@@H](O)c4ccccc4)n3[C@@H]3CCC[C@@H](C(C)=O)C3)c2CC[C@@H]1C. The predicted molar refractivity (Wildman–Crippen MR) is 135 cm³/mol. The number of aliphatic hydroxyl groups is 1. The first-order valence-electron chi connectivity index (χ1n) is 12.5. The molecule has 1 aliphatic heterocycles. The minimum atomic E-state index is -0.892. The first kappa shape index (κ1) is 23.5. The molecule has 0 unspecified atom stereocenters. The van der Waals surface area contributed by atoms with Gasteiger partial charge in [0.2, 0.25) is 0 Å². The Morgan fingerprint density at radius 2 is 1.89 bits per heavy atom. The first-order valence-corrected chi connectivity index (χ1v) is 12.5. The molecule has 1 saturated carbocycles. The van der Waals surface area contributed by atoms with Gasteiger partial charge in [-0.25, -0.2) is 9.78 Å². The van der Waals surface area contributed by atoms with Gasteiger partial charge in [-0.05, 0) is 63.6 Å². The van der Waals surface area contributed by atoms with Crippen molar-refractivity contribution in [3.8, 4) is 0 Å². The third-order valence-corrected chi connectivity index (χ3v) is 7.80. The van der Waals surface area contributed by atoms with Gasteiger partial charge in [0.15, 0.2) is 0 Å². The lowest BCUT2D eigenvalue weighted by molar-refractivity contribution is -0.122. The number of fused-ring (bicyclic) bond motifs is 3. The van der Waals surface area contributed by atoms with Crippen LogP contribution in [0.3, 0.4) is 0 Å². The zero-order chi connectivity index (χ0) is 24.7. The van der Waals surface area contributed by atoms with Gasteiger partial charge in [-0.3, -0.25) is 9.69 Å². The molecule has 4 atom stereocenters. The van der Waals surface area contributed by atoms with E-state index in [1.54, 1.807) is 11.8 Å². The number of aromatic nitrogens is 2. The van der Waals surface area contributed by atoms with Crippen LogP contribution in [0.15, 0.2) is 42.5 Å². The minimum absolute atomic E-state index is 0.0264. The third kappa shape index (κ3) is 4.12. The highest BCUT2D eigenvalue weighted by Crippen LogP contribution is 2.42. The number of aryl methyl sites for hydroxylation is 1. The Bertz CT molecular complexity index is 1250. The fraction of sp³-hybridized carbons (Fsp3) is 0.464. The molecule has 1 aromatic heterocycles. The van der Waals surface area contributed by atoms with Crippen LogP contribution in [0.4, 0.5) is 10.5 Å². The summed E-state index contributed by atoms with van der Waals surface area (Å²) in [5.41, 5.74) is 4.37. The number of nitrogens with zero attached hydrogens (tertiary/aromatic N) is 3. The number of carbonyl (C=O) groups is 2. The molecular weight excluding hydrogens is 442 g/mol. The van der Waals surface area contributed by atoms with Crippen molar-refractivity contribution in [2.75, 3.05) is 12.0 Å². The number of ether oxygens (including phenoxy) is 1. The van der Waals surface area contributed by atoms with Crippen molar-refractivity contribution in [1.29, 1.82) is 0 Å². The highest BCUT2D eigenvalue weighted by atomic mass is 16.5. The maximum absolute atomic E-state index is 12.6. The predicted octanol–water partition coefficient (Wildman–Crippen LogP) is 5.35. The minimum Gasteiger partial charge on any atom is -0.452 e. The second kappa shape index (κ2) is 9.46. The first-order chi connectivity index (χ1) is 16.9. The number of ketones is 1. The van der Waals surface area contributed by atoms with Crippen molar-refractivity contribution in [2.45, 2.75) is 70.6 Å². The van der Waals surface area contributed by atoms with Crippen molar-refractivity contribution in [3.63, 3.8) is 0 Å². The smallest absolute Gasteiger partial charge is 0.414 e. The zero-order valence-corrected chi connectivity index (χ0v) is 20.6. The summed E-state index contributed by atoms with van der Waals surface area (Å²) < 4.78 is 7.24. The van der Waals surface area contributed by atoms with Crippen LogP contribution in [0, 0.1) is 5.92 Å². The van der Waals surface area contributed by atoms with Crippen molar-refractivity contribution < 1.29 is 19.4 Å². The number of carbonyl (C=O) groups excluding carboxylic acids is 2. The molecule has 1 N–H and O–H groups in total. The zero-order valence-electron chi connectivity index (χ0n) is 20.6. The number of amides is 1. The normalized spacial score (nSPS) is 23.1. The summed E-state index contributed by atoms with van der Waals surface area (Å²) in [6.07, 6.45) is 3.89. The fourth-order valence-corrected chi connectivity index (χ4v) is 5.92. The summed E-state index contributed by atoms with van der Waals surface area (Å²) in [6, 6.07) is 13.7. The lowest BCUT2D eigenvalue weighted by Gasteiger charge is -2.34. The lowest BCUT2D eigenvalue weighted by Crippen LogP contribution is -2.42. The Morgan fingerprint density at radius 3 is 2.60 bits per heavy atom. The Balaban J connectivity index is 1.69. The monoisotopic (exact) mass is 475 g/mol. The van der Waals surface area contributed by atoms with E-state index in [-0.39, 0.29) is 29.9 Å². The molecule has 0 saturated heterocycles. The van der Waals surface area contributed by atoms with E-state index in [0.29, 0.717) is 5.82 Å². The van der Waals surface area contributed by atoms with Gasteiger partial charge in [-0.1, -0.05) is 36.8 Å². The third-order valence-electron chi connectivity index (χ3n) is 7.80. The largest absolute Gasteiger partial charge is 0.452 e. The molecule has 0 bridgehead atoms. The van der Waals surface area contributed by atoms with Gasteiger partial charge in [0, 0.05) is 23.6 Å². The average molecular weight is 476 g/mol. The number of aliphatic hydroxyl groups excluding tert-OH is 1. The molecule has 184 valence electrons. The van der Waals surface area contributed by atoms with Crippen LogP contribution in [0.1, 0.15) is 75.0 Å². The van der Waals surface area contributed by atoms with Gasteiger partial charge in [0.25, 0.3) is 0 Å². The Hall–Kier alpha value is -3.19. The van der Waals surface area contributed by atoms with Gasteiger partial charge in [0.1, 0.15) is 17.7 Å². The molecule has 35 heavy (non-hydrogen) atoms. The number of hydrogen-bond acceptors (Lipinski definition) is 5. The van der Waals surface area contributed by atoms with Crippen LogP contribution in [-0.4, -0.2) is 39.7 Å². The van der Waals surface area contributed by atoms with E-state index in [4.69, 9.17) is 9.72 Å². The average Bonchev–Trinajstić information content (AvgIpc) is 3.28. The maximum atomic E-state index is 12.6. The van der Waals surface area contributed by atoms with Crippen LogP contribution < -0.4 is 4.90 Å². The summed E-state index contributed by atoms with van der Waals surface area (Å²) >= 11 is 0. The van der Waals surface area contributed by atoms with E-state index in [9.17, 15) is 14.7 Å². The van der Waals surface area contributed by atoms with Crippen LogP contribution in [0.2, 0.25) is 0 Å². The summed E-state index contributed by atoms with van der Waals surface area (Å²) in [5.74, 6) is 0.850. The number of benzene rings is 2. The van der Waals surface area contributed by atoms with Gasteiger partial charge in [-0.15, -0.1) is 0 Å². The fourth-order valence-electron chi connectivity index (χ4n) is 5.92. The highest BCUT2D eigenvalue weighted by Gasteiger charge is 2.34. The van der Waals surface area contributed by atoms with Crippen molar-refractivity contribution in [2.24, 2.45) is 5.92 Å². The molecule has 1 aliphatic carbocycles. The van der Waals surface area contributed by atoms with E-state index >= 15 is 0 Å². The molecule has 2 aromatic carbocycles. The molecule has 7 heteroatoms. The van der Waals surface area contributed by atoms with E-state index < -0.39 is 6.10 Å². The Morgan fingerprint density at radius 1 is 1.11 bits per heavy atom. The summed E-state index contributed by atoms with van der Waals surface area (Å²) in [5, 5.41) is 11.5. The summed E-state index contributed by atoms with van der Waals surface area (Å²) in [6.45, 7) is 3.70. The van der Waals surface area contributed by atoms with Crippen LogP contribution >= 0.6 is 0 Å². The van der Waals surface area contributed by atoms with E-state index in [0.717, 1.165) is 66.4 Å². The number of methoxy groups -OCH3 is 1. The van der Waals surface area contributed by atoms with Gasteiger partial charge in [0.05, 0.1) is 23.8 Å². The van der Waals surface area contributed by atoms with Crippen LogP contribution in [-0.2, 0) is 16.0 Å². The summed E-state index contributed by atoms with van der Waals surface area (Å²) in [4.78, 5) is 31.6. The maximum Gasteiger partial charge on any atom is 0.414 e. The quantitative estimate of drug-likeness (QED) is 0.550. The van der Waals surface area contributed by atoms with E-state index in [1.165, 1.54) is 7.11 Å². The number of Topliss-reactive ketones (excluding diaryl/α,β-unsaturated/α-hetero) is 1. The van der Waals surface area contributed by atoms with Crippen molar-refractivity contribution in [1.82, 2.24) is 9.55 Å². The second-order valence-electron chi connectivity index (χ2n) is 9.94. The molecule has 1 fully saturated rings. The van der Waals surface area contributed by atoms with E-state index in [1.807, 2.05) is 49.4 Å². The molecule has 0 radical (unpaired) electrons. The summed E-state index contributed by atoms with van der Waals surface area (Å²) in [7, 11) is 1.40. The number of rotatable bonds is 4. The molecule has 2 aliphatic rings. The topological polar surface area (TPSA) is 84.7 Å². The van der Waals surface area contributed by atoms with Gasteiger partial charge in [-0.2, -0.15) is 0 Å². The molecule has 5 rings (SSSR count). The standard InChI is InChI=1S/C28H33N3O4/c1-17-12-13-22-23(30(17)28(34)35-3)14-15-24-25(22)29-27(26(33)19-8-5-4-6-9-19)31(24)21-11-7-10-20(16-21)18(2)32/h4-6,8-9,14-15,17,20-21,26,33H,7,10-13,16H2,1-3H3/t17-,20+,21+,26-/m0/s1. The van der Waals surface area contributed by atoms with Crippen LogP contribution in [0.25, 0.3) is 11.0 Å². The molecule has 0 spiro atoms. The van der Waals surface area contributed by atoms with E-state index in [2.05, 4.69) is 4.57 Å². The van der Waals surface area contributed by atoms with Crippen molar-refractivity contribution in [3.05, 3.63) is 59.4 Å². The molecule has 1 amide bonds. The molecule has 7 nitrogen and oxygen atoms in total.